The zero-order valence-electron chi connectivity index (χ0n) is 10.2. The number of aromatic nitrogens is 4. The van der Waals surface area contributed by atoms with Crippen molar-refractivity contribution in [3.8, 4) is 0 Å². The topological polar surface area (TPSA) is 55.1 Å². The minimum absolute atomic E-state index is 0.662. The van der Waals surface area contributed by atoms with Gasteiger partial charge in [-0.3, -0.25) is 0 Å². The fourth-order valence-corrected chi connectivity index (χ4v) is 2.39. The highest BCUT2D eigenvalue weighted by Crippen LogP contribution is 2.13. The lowest BCUT2D eigenvalue weighted by Gasteiger charge is -1.97. The molecule has 0 unspecified atom stereocenters. The zero-order valence-corrected chi connectivity index (χ0v) is 11.0. The van der Waals surface area contributed by atoms with Crippen LogP contribution >= 0.6 is 11.5 Å². The molecule has 0 atom stereocenters. The quantitative estimate of drug-likeness (QED) is 0.784. The summed E-state index contributed by atoms with van der Waals surface area (Å²) in [5, 5.41) is 4.07. The zero-order chi connectivity index (χ0) is 12.5. The number of nitrogens with one attached hydrogen (secondary N) is 1. The molecule has 3 rings (SSSR count). The van der Waals surface area contributed by atoms with E-state index in [4.69, 9.17) is 0 Å². The molecule has 92 valence electrons. The predicted octanol–water partition coefficient (Wildman–Crippen LogP) is 2.41. The van der Waals surface area contributed by atoms with Gasteiger partial charge in [0, 0.05) is 23.4 Å². The number of anilines is 1. The largest absolute Gasteiger partial charge is 0.355 e. The molecule has 0 saturated carbocycles. The summed E-state index contributed by atoms with van der Waals surface area (Å²) >= 11 is 1.37. The van der Waals surface area contributed by atoms with Crippen LogP contribution in [-0.4, -0.2) is 18.7 Å². The number of nitrogens with zero attached hydrogens (tertiary/aromatic N) is 4. The minimum atomic E-state index is 0.662. The molecule has 5 nitrogen and oxygen atoms in total. The minimum Gasteiger partial charge on any atom is -0.355 e. The molecular formula is C12H13N5S. The van der Waals surface area contributed by atoms with E-state index in [1.54, 1.807) is 0 Å². The van der Waals surface area contributed by atoms with Gasteiger partial charge in [-0.15, -0.1) is 0 Å². The molecule has 0 aliphatic heterocycles. The van der Waals surface area contributed by atoms with Gasteiger partial charge < -0.3 is 9.72 Å². The van der Waals surface area contributed by atoms with Crippen molar-refractivity contribution in [2.24, 2.45) is 0 Å². The van der Waals surface area contributed by atoms with Gasteiger partial charge in [-0.1, -0.05) is 6.07 Å². The predicted molar refractivity (Wildman–Crippen MR) is 71.9 cm³/mol. The Labute approximate surface area is 109 Å². The summed E-state index contributed by atoms with van der Waals surface area (Å²) in [6.07, 6.45) is 2.05. The van der Waals surface area contributed by atoms with E-state index in [0.29, 0.717) is 6.54 Å². The van der Waals surface area contributed by atoms with Gasteiger partial charge in [0.25, 0.3) is 0 Å². The van der Waals surface area contributed by atoms with Crippen LogP contribution in [0.15, 0.2) is 24.4 Å². The number of hydrogen-bond acceptors (Lipinski definition) is 5. The third-order valence-corrected chi connectivity index (χ3v) is 3.46. The van der Waals surface area contributed by atoms with Crippen molar-refractivity contribution in [2.75, 3.05) is 5.32 Å². The second kappa shape index (κ2) is 4.38. The highest BCUT2D eigenvalue weighted by atomic mass is 32.1. The SMILES string of the molecule is Cc1nsc(NCc2cn3c(C)cccc3n2)n1. The molecule has 0 radical (unpaired) electrons. The Bertz CT molecular complexity index is 685. The van der Waals surface area contributed by atoms with Crippen LogP contribution in [0.4, 0.5) is 5.13 Å². The van der Waals surface area contributed by atoms with Crippen molar-refractivity contribution in [1.29, 1.82) is 0 Å². The molecule has 3 aromatic heterocycles. The summed E-state index contributed by atoms with van der Waals surface area (Å²) in [6.45, 7) is 4.62. The van der Waals surface area contributed by atoms with E-state index in [9.17, 15) is 0 Å². The molecule has 0 saturated heterocycles. The van der Waals surface area contributed by atoms with Crippen molar-refractivity contribution in [1.82, 2.24) is 18.7 Å². The molecule has 0 bridgehead atoms. The smallest absolute Gasteiger partial charge is 0.202 e. The van der Waals surface area contributed by atoms with Crippen LogP contribution in [0.2, 0.25) is 0 Å². The fraction of sp³-hybridized carbons (Fsp3) is 0.250. The van der Waals surface area contributed by atoms with E-state index in [1.165, 1.54) is 17.2 Å². The maximum Gasteiger partial charge on any atom is 0.202 e. The first-order valence-corrected chi connectivity index (χ1v) is 6.47. The van der Waals surface area contributed by atoms with Crippen LogP contribution in [0.25, 0.3) is 5.65 Å². The number of imidazole rings is 1. The summed E-state index contributed by atoms with van der Waals surface area (Å²) in [4.78, 5) is 8.81. The molecule has 3 heterocycles. The fourth-order valence-electron chi connectivity index (χ4n) is 1.82. The number of fused-ring (bicyclic) bond motifs is 1. The molecule has 3 aromatic rings. The molecule has 0 spiro atoms. The Morgan fingerprint density at radius 1 is 1.28 bits per heavy atom. The van der Waals surface area contributed by atoms with E-state index in [2.05, 4.69) is 37.0 Å². The Morgan fingerprint density at radius 2 is 2.17 bits per heavy atom. The van der Waals surface area contributed by atoms with Crippen LogP contribution in [-0.2, 0) is 6.54 Å². The molecule has 0 aliphatic carbocycles. The molecule has 0 aromatic carbocycles. The first-order chi connectivity index (χ1) is 8.72. The maximum atomic E-state index is 4.55. The van der Waals surface area contributed by atoms with E-state index in [0.717, 1.165) is 22.3 Å². The van der Waals surface area contributed by atoms with Crippen molar-refractivity contribution in [3.63, 3.8) is 0 Å². The van der Waals surface area contributed by atoms with Crippen molar-refractivity contribution >= 4 is 22.3 Å². The second-order valence-corrected chi connectivity index (χ2v) is 4.88. The Kier molecular flexibility index (Phi) is 2.71. The monoisotopic (exact) mass is 259 g/mol. The summed E-state index contributed by atoms with van der Waals surface area (Å²) in [7, 11) is 0. The molecule has 6 heteroatoms. The maximum absolute atomic E-state index is 4.55. The summed E-state index contributed by atoms with van der Waals surface area (Å²) < 4.78 is 6.21. The summed E-state index contributed by atoms with van der Waals surface area (Å²) in [5.41, 5.74) is 3.15. The molecule has 1 N–H and O–H groups in total. The van der Waals surface area contributed by atoms with Gasteiger partial charge in [0.05, 0.1) is 12.2 Å². The third-order valence-electron chi connectivity index (χ3n) is 2.69. The van der Waals surface area contributed by atoms with E-state index in [1.807, 2.05) is 25.3 Å². The standard InChI is InChI=1S/C12H13N5S/c1-8-4-3-5-11-15-10(7-17(8)11)6-13-12-14-9(2)16-18-12/h3-5,7H,6H2,1-2H3,(H,13,14,16). The van der Waals surface area contributed by atoms with Gasteiger partial charge in [-0.2, -0.15) is 4.37 Å². The molecule has 18 heavy (non-hydrogen) atoms. The van der Waals surface area contributed by atoms with Crippen molar-refractivity contribution < 1.29 is 0 Å². The Hall–Kier alpha value is -1.95. The molecule has 0 fully saturated rings. The average Bonchev–Trinajstić information content (AvgIpc) is 2.93. The number of aryl methyl sites for hydroxylation is 2. The highest BCUT2D eigenvalue weighted by molar-refractivity contribution is 7.09. The van der Waals surface area contributed by atoms with Crippen molar-refractivity contribution in [3.05, 3.63) is 41.6 Å². The van der Waals surface area contributed by atoms with E-state index in [-0.39, 0.29) is 0 Å². The lowest BCUT2D eigenvalue weighted by Crippen LogP contribution is -1.99. The normalized spacial score (nSPS) is 11.0. The van der Waals surface area contributed by atoms with Gasteiger partial charge >= 0.3 is 0 Å². The van der Waals surface area contributed by atoms with Gasteiger partial charge in [0.1, 0.15) is 11.5 Å². The molecule has 0 amide bonds. The van der Waals surface area contributed by atoms with Gasteiger partial charge in [-0.25, -0.2) is 9.97 Å². The van der Waals surface area contributed by atoms with E-state index >= 15 is 0 Å². The van der Waals surface area contributed by atoms with Crippen LogP contribution in [0.3, 0.4) is 0 Å². The van der Waals surface area contributed by atoms with Gasteiger partial charge in [0.2, 0.25) is 5.13 Å². The van der Waals surface area contributed by atoms with Crippen LogP contribution in [0, 0.1) is 13.8 Å². The Balaban J connectivity index is 1.81. The van der Waals surface area contributed by atoms with Crippen LogP contribution in [0.1, 0.15) is 17.2 Å². The Morgan fingerprint density at radius 3 is 2.89 bits per heavy atom. The van der Waals surface area contributed by atoms with Crippen LogP contribution in [0.5, 0.6) is 0 Å². The second-order valence-electron chi connectivity index (χ2n) is 4.13. The third kappa shape index (κ3) is 2.06. The van der Waals surface area contributed by atoms with Crippen molar-refractivity contribution in [2.45, 2.75) is 20.4 Å². The number of hydrogen-bond donors (Lipinski definition) is 1. The molecular weight excluding hydrogens is 246 g/mol. The summed E-state index contributed by atoms with van der Waals surface area (Å²) in [5.74, 6) is 0.799. The lowest BCUT2D eigenvalue weighted by atomic mass is 10.4. The molecule has 0 aliphatic rings. The first kappa shape index (κ1) is 11.2. The van der Waals surface area contributed by atoms with E-state index < -0.39 is 0 Å². The lowest BCUT2D eigenvalue weighted by molar-refractivity contribution is 1.05. The number of pyridine rings is 1. The van der Waals surface area contributed by atoms with Gasteiger partial charge in [0.15, 0.2) is 0 Å². The average molecular weight is 259 g/mol. The summed E-state index contributed by atoms with van der Waals surface area (Å²) in [6, 6.07) is 6.09. The highest BCUT2D eigenvalue weighted by Gasteiger charge is 2.04. The first-order valence-electron chi connectivity index (χ1n) is 5.70. The van der Waals surface area contributed by atoms with Gasteiger partial charge in [-0.05, 0) is 26.0 Å². The number of rotatable bonds is 3. The van der Waals surface area contributed by atoms with Crippen LogP contribution < -0.4 is 5.32 Å².